The number of hydrogen-bond acceptors (Lipinski definition) is 6. The summed E-state index contributed by atoms with van der Waals surface area (Å²) in [5, 5.41) is 2.66. The maximum absolute atomic E-state index is 14.0. The van der Waals surface area contributed by atoms with Crippen LogP contribution in [0.15, 0.2) is 72.8 Å². The number of nitrogens with zero attached hydrogens (tertiary/aromatic N) is 2. The van der Waals surface area contributed by atoms with Crippen LogP contribution in [-0.4, -0.2) is 65.2 Å². The molecule has 9 nitrogen and oxygen atoms in total. The third kappa shape index (κ3) is 7.73. The molecule has 3 aromatic carbocycles. The molecule has 0 aliphatic carbocycles. The molecule has 0 saturated heterocycles. The normalized spacial score (nSPS) is 11.8. The van der Waals surface area contributed by atoms with E-state index in [-0.39, 0.29) is 24.6 Å². The van der Waals surface area contributed by atoms with Crippen molar-refractivity contribution in [2.75, 3.05) is 38.4 Å². The minimum atomic E-state index is -3.90. The Hall–Kier alpha value is -4.05. The quantitative estimate of drug-likeness (QED) is 0.370. The smallest absolute Gasteiger partial charge is 0.244 e. The fraction of sp³-hybridized carbons (Fsp3) is 0.310. The Morgan fingerprint density at radius 1 is 0.923 bits per heavy atom. The fourth-order valence-corrected chi connectivity index (χ4v) is 5.12. The van der Waals surface area contributed by atoms with Crippen molar-refractivity contribution in [1.82, 2.24) is 10.2 Å². The minimum absolute atomic E-state index is 0.0590. The van der Waals surface area contributed by atoms with Gasteiger partial charge >= 0.3 is 0 Å². The van der Waals surface area contributed by atoms with Crippen LogP contribution < -0.4 is 19.1 Å². The number of carbonyl (C=O) groups excluding carboxylic acids is 2. The lowest BCUT2D eigenvalue weighted by molar-refractivity contribution is -0.139. The summed E-state index contributed by atoms with van der Waals surface area (Å²) < 4.78 is 37.7. The standard InChI is InChI=1S/C29H35N3O6S/c1-21-14-15-27(38-4)25(16-21)32(39(5,35)36)20-28(33)31(19-23-12-9-13-24(17-23)37-3)26(29(34)30-2)18-22-10-7-6-8-11-22/h6-17,26H,18-20H2,1-5H3,(H,30,34). The first-order valence-electron chi connectivity index (χ1n) is 12.4. The Labute approximate surface area is 230 Å². The van der Waals surface area contributed by atoms with Crippen molar-refractivity contribution in [3.05, 3.63) is 89.5 Å². The topological polar surface area (TPSA) is 105 Å². The summed E-state index contributed by atoms with van der Waals surface area (Å²) in [6, 6.07) is 20.7. The van der Waals surface area contributed by atoms with Crippen LogP contribution in [0.4, 0.5) is 5.69 Å². The zero-order chi connectivity index (χ0) is 28.6. The third-order valence-electron chi connectivity index (χ3n) is 6.29. The van der Waals surface area contributed by atoms with Gasteiger partial charge in [0.15, 0.2) is 0 Å². The van der Waals surface area contributed by atoms with Crippen molar-refractivity contribution in [2.45, 2.75) is 25.9 Å². The lowest BCUT2D eigenvalue weighted by Crippen LogP contribution is -2.52. The van der Waals surface area contributed by atoms with E-state index in [1.54, 1.807) is 43.5 Å². The van der Waals surface area contributed by atoms with E-state index >= 15 is 0 Å². The number of rotatable bonds is 12. The van der Waals surface area contributed by atoms with Crippen LogP contribution in [0.5, 0.6) is 11.5 Å². The Balaban J connectivity index is 2.08. The fourth-order valence-electron chi connectivity index (χ4n) is 4.28. The molecule has 0 fully saturated rings. The molecule has 3 rings (SSSR count). The zero-order valence-electron chi connectivity index (χ0n) is 22.9. The van der Waals surface area contributed by atoms with E-state index in [0.29, 0.717) is 11.5 Å². The first-order valence-corrected chi connectivity index (χ1v) is 14.2. The highest BCUT2D eigenvalue weighted by atomic mass is 32.2. The first-order chi connectivity index (χ1) is 18.6. The molecule has 10 heteroatoms. The van der Waals surface area contributed by atoms with Gasteiger partial charge in [0, 0.05) is 20.0 Å². The summed E-state index contributed by atoms with van der Waals surface area (Å²) in [5.41, 5.74) is 2.63. The average Bonchev–Trinajstić information content (AvgIpc) is 2.93. The van der Waals surface area contributed by atoms with Gasteiger partial charge in [-0.1, -0.05) is 48.5 Å². The number of anilines is 1. The summed E-state index contributed by atoms with van der Waals surface area (Å²) >= 11 is 0. The summed E-state index contributed by atoms with van der Waals surface area (Å²) in [6.45, 7) is 1.36. The number of nitrogens with one attached hydrogen (secondary N) is 1. The molecule has 39 heavy (non-hydrogen) atoms. The van der Waals surface area contributed by atoms with Crippen molar-refractivity contribution >= 4 is 27.5 Å². The number of methoxy groups -OCH3 is 2. The predicted octanol–water partition coefficient (Wildman–Crippen LogP) is 3.16. The van der Waals surface area contributed by atoms with Crippen LogP contribution in [0.2, 0.25) is 0 Å². The van der Waals surface area contributed by atoms with E-state index in [2.05, 4.69) is 5.32 Å². The number of aryl methyl sites for hydroxylation is 1. The maximum Gasteiger partial charge on any atom is 0.244 e. The van der Waals surface area contributed by atoms with E-state index in [9.17, 15) is 18.0 Å². The van der Waals surface area contributed by atoms with E-state index < -0.39 is 28.5 Å². The molecule has 0 saturated carbocycles. The van der Waals surface area contributed by atoms with E-state index in [0.717, 1.165) is 27.3 Å². The molecule has 0 aromatic heterocycles. The minimum Gasteiger partial charge on any atom is -0.497 e. The predicted molar refractivity (Wildman–Crippen MR) is 151 cm³/mol. The Morgan fingerprint density at radius 3 is 2.23 bits per heavy atom. The number of likely N-dealkylation sites (N-methyl/N-ethyl adjacent to an activating group) is 1. The van der Waals surface area contributed by atoms with Crippen LogP contribution >= 0.6 is 0 Å². The molecule has 1 N–H and O–H groups in total. The van der Waals surface area contributed by atoms with Gasteiger partial charge < -0.3 is 19.7 Å². The number of hydrogen-bond donors (Lipinski definition) is 1. The van der Waals surface area contributed by atoms with Crippen LogP contribution in [0.25, 0.3) is 0 Å². The molecule has 0 heterocycles. The second kappa shape index (κ2) is 13.1. The lowest BCUT2D eigenvalue weighted by atomic mass is 10.0. The number of benzene rings is 3. The van der Waals surface area contributed by atoms with Crippen LogP contribution in [0.3, 0.4) is 0 Å². The van der Waals surface area contributed by atoms with Gasteiger partial charge in [-0.25, -0.2) is 8.42 Å². The van der Waals surface area contributed by atoms with Gasteiger partial charge in [0.05, 0.1) is 26.2 Å². The van der Waals surface area contributed by atoms with Crippen molar-refractivity contribution in [3.8, 4) is 11.5 Å². The van der Waals surface area contributed by atoms with Gasteiger partial charge in [0.1, 0.15) is 24.1 Å². The Bertz CT molecular complexity index is 1400. The number of sulfonamides is 1. The first kappa shape index (κ1) is 29.5. The summed E-state index contributed by atoms with van der Waals surface area (Å²) in [6.07, 6.45) is 1.28. The van der Waals surface area contributed by atoms with E-state index in [1.807, 2.05) is 43.3 Å². The molecule has 0 bridgehead atoms. The Morgan fingerprint density at radius 2 is 1.62 bits per heavy atom. The molecule has 0 aliphatic heterocycles. The maximum atomic E-state index is 14.0. The summed E-state index contributed by atoms with van der Waals surface area (Å²) in [4.78, 5) is 28.6. The second-order valence-corrected chi connectivity index (χ2v) is 11.0. The highest BCUT2D eigenvalue weighted by Crippen LogP contribution is 2.31. The van der Waals surface area contributed by atoms with Gasteiger partial charge in [-0.2, -0.15) is 0 Å². The van der Waals surface area contributed by atoms with Gasteiger partial charge in [0.2, 0.25) is 21.8 Å². The molecular formula is C29H35N3O6S. The van der Waals surface area contributed by atoms with E-state index in [4.69, 9.17) is 9.47 Å². The monoisotopic (exact) mass is 553 g/mol. The number of ether oxygens (including phenoxy) is 2. The summed E-state index contributed by atoms with van der Waals surface area (Å²) in [5.74, 6) is -0.00232. The average molecular weight is 554 g/mol. The molecule has 0 aliphatic rings. The van der Waals surface area contributed by atoms with E-state index in [1.165, 1.54) is 19.1 Å². The van der Waals surface area contributed by atoms with Crippen LogP contribution in [-0.2, 0) is 32.6 Å². The molecule has 1 atom stereocenters. The summed E-state index contributed by atoms with van der Waals surface area (Å²) in [7, 11) is 0.587. The van der Waals surface area contributed by atoms with Gasteiger partial charge in [-0.3, -0.25) is 13.9 Å². The van der Waals surface area contributed by atoms with Crippen molar-refractivity contribution in [2.24, 2.45) is 0 Å². The highest BCUT2D eigenvalue weighted by molar-refractivity contribution is 7.92. The molecule has 2 amide bonds. The molecule has 208 valence electrons. The Kier molecular flexibility index (Phi) is 9.95. The van der Waals surface area contributed by atoms with Crippen LogP contribution in [0.1, 0.15) is 16.7 Å². The third-order valence-corrected chi connectivity index (χ3v) is 7.41. The van der Waals surface area contributed by atoms with Crippen LogP contribution in [0, 0.1) is 6.92 Å². The van der Waals surface area contributed by atoms with Gasteiger partial charge in [-0.15, -0.1) is 0 Å². The lowest BCUT2D eigenvalue weighted by Gasteiger charge is -2.33. The number of carbonyl (C=O) groups is 2. The highest BCUT2D eigenvalue weighted by Gasteiger charge is 2.33. The van der Waals surface area contributed by atoms with Crippen molar-refractivity contribution in [1.29, 1.82) is 0 Å². The largest absolute Gasteiger partial charge is 0.497 e. The molecule has 0 spiro atoms. The zero-order valence-corrected chi connectivity index (χ0v) is 23.7. The number of amides is 2. The molecule has 0 radical (unpaired) electrons. The second-order valence-electron chi connectivity index (χ2n) is 9.14. The SMILES string of the molecule is CNC(=O)C(Cc1ccccc1)N(Cc1cccc(OC)c1)C(=O)CN(c1cc(C)ccc1OC)S(C)(=O)=O. The molecule has 1 unspecified atom stereocenters. The van der Waals surface area contributed by atoms with Crippen molar-refractivity contribution in [3.63, 3.8) is 0 Å². The van der Waals surface area contributed by atoms with Gasteiger partial charge in [0.25, 0.3) is 0 Å². The molecular weight excluding hydrogens is 518 g/mol. The van der Waals surface area contributed by atoms with Crippen molar-refractivity contribution < 1.29 is 27.5 Å². The molecule has 3 aromatic rings. The van der Waals surface area contributed by atoms with Gasteiger partial charge in [-0.05, 0) is 47.9 Å².